The third-order valence-electron chi connectivity index (χ3n) is 4.70. The third kappa shape index (κ3) is 3.41. The molecule has 1 fully saturated rings. The molecule has 0 amide bonds. The average molecular weight is 398 g/mol. The maximum Gasteiger partial charge on any atom is 0.180 e. The highest BCUT2D eigenvalue weighted by Crippen LogP contribution is 2.22. The van der Waals surface area contributed by atoms with Crippen LogP contribution in [0.2, 0.25) is 5.15 Å². The summed E-state index contributed by atoms with van der Waals surface area (Å²) in [7, 11) is 0. The van der Waals surface area contributed by atoms with Crippen LogP contribution in [0.25, 0.3) is 17.2 Å². The zero-order valence-electron chi connectivity index (χ0n) is 15.2. The lowest BCUT2D eigenvalue weighted by atomic mass is 10.0. The smallest absolute Gasteiger partial charge is 0.180 e. The first kappa shape index (κ1) is 18.3. The molecule has 0 saturated carbocycles. The minimum absolute atomic E-state index is 0.0367. The van der Waals surface area contributed by atoms with Gasteiger partial charge in [-0.1, -0.05) is 11.6 Å². The number of nitrogens with one attached hydrogen (secondary N) is 2. The van der Waals surface area contributed by atoms with Gasteiger partial charge in [0, 0.05) is 49.5 Å². The van der Waals surface area contributed by atoms with E-state index in [0.717, 1.165) is 23.6 Å². The van der Waals surface area contributed by atoms with Crippen LogP contribution in [0.3, 0.4) is 0 Å². The van der Waals surface area contributed by atoms with E-state index in [4.69, 9.17) is 27.7 Å². The maximum absolute atomic E-state index is 7.57. The van der Waals surface area contributed by atoms with E-state index in [0.29, 0.717) is 23.2 Å². The number of anilines is 1. The van der Waals surface area contributed by atoms with Crippen LogP contribution in [0.5, 0.6) is 0 Å². The topological polar surface area (TPSA) is 121 Å². The molecule has 2 atom stereocenters. The van der Waals surface area contributed by atoms with Crippen LogP contribution in [-0.2, 0) is 0 Å². The number of hydrogen-bond acceptors (Lipinski definition) is 8. The van der Waals surface area contributed by atoms with Crippen LogP contribution in [0.4, 0.5) is 5.82 Å². The lowest BCUT2D eigenvalue weighted by Gasteiger charge is -2.38. The lowest BCUT2D eigenvalue weighted by Crippen LogP contribution is -2.56. The van der Waals surface area contributed by atoms with Crippen molar-refractivity contribution in [3.63, 3.8) is 0 Å². The number of aromatic nitrogens is 5. The molecule has 4 rings (SSSR count). The van der Waals surface area contributed by atoms with Crippen LogP contribution < -0.4 is 16.0 Å². The summed E-state index contributed by atoms with van der Waals surface area (Å²) in [4.78, 5) is 19.7. The summed E-state index contributed by atoms with van der Waals surface area (Å²) in [5.41, 5.74) is 7.83. The molecule has 1 aliphatic rings. The molecule has 4 N–H and O–H groups in total. The number of hydrogen-bond donors (Lipinski definition) is 3. The molecule has 4 heterocycles. The van der Waals surface area contributed by atoms with Gasteiger partial charge in [-0.25, -0.2) is 19.9 Å². The fourth-order valence-electron chi connectivity index (χ4n) is 3.41. The van der Waals surface area contributed by atoms with Crippen molar-refractivity contribution in [2.45, 2.75) is 19.0 Å². The maximum atomic E-state index is 7.57. The summed E-state index contributed by atoms with van der Waals surface area (Å²) in [5, 5.41) is 11.4. The van der Waals surface area contributed by atoms with E-state index in [9.17, 15) is 0 Å². The predicted octanol–water partition coefficient (Wildman–Crippen LogP) is 1.50. The lowest BCUT2D eigenvalue weighted by molar-refractivity contribution is 0.424. The molecule has 2 unspecified atom stereocenters. The van der Waals surface area contributed by atoms with Gasteiger partial charge in [0.05, 0.1) is 18.4 Å². The molecule has 0 aliphatic carbocycles. The Morgan fingerprint density at radius 2 is 2.18 bits per heavy atom. The molecule has 0 bridgehead atoms. The van der Waals surface area contributed by atoms with Gasteiger partial charge in [0.25, 0.3) is 0 Å². The number of nitrogens with zero attached hydrogens (tertiary/aromatic N) is 6. The predicted molar refractivity (Wildman–Crippen MR) is 109 cm³/mol. The molecule has 1 saturated heterocycles. The molecule has 0 aromatic carbocycles. The summed E-state index contributed by atoms with van der Waals surface area (Å²) in [6, 6.07) is 2.06. The van der Waals surface area contributed by atoms with Crippen LogP contribution in [0, 0.1) is 5.41 Å². The van der Waals surface area contributed by atoms with Gasteiger partial charge >= 0.3 is 0 Å². The molecular formula is C18H20ClN9. The highest BCUT2D eigenvalue weighted by atomic mass is 35.5. The van der Waals surface area contributed by atoms with Gasteiger partial charge < -0.3 is 21.4 Å². The van der Waals surface area contributed by atoms with E-state index in [1.54, 1.807) is 24.8 Å². The number of piperazine rings is 1. The van der Waals surface area contributed by atoms with Gasteiger partial charge in [-0.15, -0.1) is 0 Å². The first-order valence-corrected chi connectivity index (χ1v) is 9.22. The van der Waals surface area contributed by atoms with Crippen molar-refractivity contribution < 1.29 is 0 Å². The molecular weight excluding hydrogens is 378 g/mol. The SMILES string of the molecule is CC1CN(c2ccnc(-c3cnc4cnc(Cl)cn34)n2)CC(/C(C=N)=C/N)N1. The Morgan fingerprint density at radius 1 is 1.32 bits per heavy atom. The molecule has 1 aliphatic heterocycles. The number of imidazole rings is 1. The van der Waals surface area contributed by atoms with E-state index < -0.39 is 0 Å². The molecule has 0 radical (unpaired) electrons. The quantitative estimate of drug-likeness (QED) is 0.570. The van der Waals surface area contributed by atoms with Crippen molar-refractivity contribution >= 4 is 29.3 Å². The summed E-state index contributed by atoms with van der Waals surface area (Å²) < 4.78 is 1.82. The second kappa shape index (κ2) is 7.53. The standard InChI is InChI=1S/C18H20ClN9/c1-11-8-27(9-13(25-11)12(4-20)5-21)16-2-3-22-18(26-16)14-6-24-17-7-23-15(19)10-28(14)17/h2-7,10-11,13,20,25H,8-9,21H2,1H3/b12-5+,20-4?. The monoisotopic (exact) mass is 397 g/mol. The first-order chi connectivity index (χ1) is 13.6. The minimum atomic E-state index is -0.0367. The second-order valence-corrected chi connectivity index (χ2v) is 7.04. The molecule has 144 valence electrons. The summed E-state index contributed by atoms with van der Waals surface area (Å²) in [5.74, 6) is 1.36. The first-order valence-electron chi connectivity index (χ1n) is 8.84. The van der Waals surface area contributed by atoms with Crippen LogP contribution in [0.15, 0.2) is 42.6 Å². The fourth-order valence-corrected chi connectivity index (χ4v) is 3.55. The van der Waals surface area contributed by atoms with E-state index in [1.165, 1.54) is 12.4 Å². The Balaban J connectivity index is 1.68. The van der Waals surface area contributed by atoms with Gasteiger partial charge in [-0.3, -0.25) is 4.40 Å². The number of rotatable bonds is 4. The Morgan fingerprint density at radius 3 is 2.96 bits per heavy atom. The largest absolute Gasteiger partial charge is 0.404 e. The molecule has 0 spiro atoms. The summed E-state index contributed by atoms with van der Waals surface area (Å²) in [6.45, 7) is 3.53. The average Bonchev–Trinajstić information content (AvgIpc) is 3.12. The number of nitrogens with two attached hydrogens (primary N) is 1. The van der Waals surface area contributed by atoms with Crippen LogP contribution in [-0.4, -0.2) is 55.7 Å². The highest BCUT2D eigenvalue weighted by molar-refractivity contribution is 6.29. The van der Waals surface area contributed by atoms with E-state index in [-0.39, 0.29) is 12.1 Å². The Kier molecular flexibility index (Phi) is 4.93. The molecule has 28 heavy (non-hydrogen) atoms. The van der Waals surface area contributed by atoms with Crippen molar-refractivity contribution in [1.82, 2.24) is 29.7 Å². The number of halogens is 1. The zero-order valence-corrected chi connectivity index (χ0v) is 16.0. The van der Waals surface area contributed by atoms with Gasteiger partial charge in [-0.05, 0) is 13.0 Å². The van der Waals surface area contributed by atoms with E-state index >= 15 is 0 Å². The molecule has 10 heteroatoms. The highest BCUT2D eigenvalue weighted by Gasteiger charge is 2.27. The minimum Gasteiger partial charge on any atom is -0.404 e. The van der Waals surface area contributed by atoms with E-state index in [1.807, 2.05) is 10.5 Å². The van der Waals surface area contributed by atoms with Crippen LogP contribution in [0.1, 0.15) is 6.92 Å². The van der Waals surface area contributed by atoms with Crippen molar-refractivity contribution in [1.29, 1.82) is 5.41 Å². The normalized spacial score (nSPS) is 20.5. The summed E-state index contributed by atoms with van der Waals surface area (Å²) in [6.07, 6.45) is 9.51. The summed E-state index contributed by atoms with van der Waals surface area (Å²) >= 11 is 6.03. The van der Waals surface area contributed by atoms with Gasteiger partial charge in [0.15, 0.2) is 11.5 Å². The number of fused-ring (bicyclic) bond motifs is 1. The Labute approximate surface area is 166 Å². The van der Waals surface area contributed by atoms with Crippen molar-refractivity contribution in [2.75, 3.05) is 18.0 Å². The zero-order chi connectivity index (χ0) is 19.7. The van der Waals surface area contributed by atoms with Gasteiger partial charge in [0.2, 0.25) is 0 Å². The van der Waals surface area contributed by atoms with Crippen molar-refractivity contribution in [3.05, 3.63) is 47.8 Å². The Hall–Kier alpha value is -3.04. The van der Waals surface area contributed by atoms with Gasteiger partial charge in [-0.2, -0.15) is 0 Å². The van der Waals surface area contributed by atoms with Crippen molar-refractivity contribution in [2.24, 2.45) is 5.73 Å². The van der Waals surface area contributed by atoms with Crippen molar-refractivity contribution in [3.8, 4) is 11.5 Å². The molecule has 9 nitrogen and oxygen atoms in total. The Bertz CT molecular complexity index is 1040. The fraction of sp³-hybridized carbons (Fsp3) is 0.278. The molecule has 3 aromatic heterocycles. The third-order valence-corrected chi connectivity index (χ3v) is 4.90. The van der Waals surface area contributed by atoms with Gasteiger partial charge in [0.1, 0.15) is 16.7 Å². The molecule has 3 aromatic rings. The van der Waals surface area contributed by atoms with E-state index in [2.05, 4.69) is 32.1 Å². The second-order valence-electron chi connectivity index (χ2n) is 6.66. The van der Waals surface area contributed by atoms with Crippen LogP contribution >= 0.6 is 11.6 Å².